The van der Waals surface area contributed by atoms with Crippen molar-refractivity contribution in [1.82, 2.24) is 4.90 Å². The van der Waals surface area contributed by atoms with Crippen LogP contribution in [0, 0.1) is 5.41 Å². The van der Waals surface area contributed by atoms with E-state index in [9.17, 15) is 0 Å². The quantitative estimate of drug-likeness (QED) is 0.852. The highest BCUT2D eigenvalue weighted by molar-refractivity contribution is 5.14. The second-order valence-corrected chi connectivity index (χ2v) is 6.62. The molecule has 0 radical (unpaired) electrons. The minimum absolute atomic E-state index is 0.287. The summed E-state index contributed by atoms with van der Waals surface area (Å²) < 4.78 is 0. The van der Waals surface area contributed by atoms with E-state index in [0.29, 0.717) is 12.1 Å². The Bertz CT molecular complexity index is 353. The summed E-state index contributed by atoms with van der Waals surface area (Å²) in [6.07, 6.45) is 2.22. The Morgan fingerprint density at radius 3 is 2.21 bits per heavy atom. The van der Waals surface area contributed by atoms with Crippen LogP contribution < -0.4 is 5.73 Å². The van der Waals surface area contributed by atoms with Gasteiger partial charge in [0.1, 0.15) is 0 Å². The maximum absolute atomic E-state index is 5.98. The van der Waals surface area contributed by atoms with Crippen molar-refractivity contribution in [1.29, 1.82) is 0 Å². The zero-order chi connectivity index (χ0) is 14.5. The second kappa shape index (κ2) is 7.06. The first-order valence-electron chi connectivity index (χ1n) is 7.32. The number of aryl methyl sites for hydroxylation is 1. The molecule has 2 unspecified atom stereocenters. The Morgan fingerprint density at radius 1 is 1.16 bits per heavy atom. The fourth-order valence-electron chi connectivity index (χ4n) is 2.39. The van der Waals surface area contributed by atoms with E-state index in [2.05, 4.69) is 70.0 Å². The number of rotatable bonds is 6. The molecule has 0 bridgehead atoms. The summed E-state index contributed by atoms with van der Waals surface area (Å²) in [5.74, 6) is 0. The number of hydrogen-bond donors (Lipinski definition) is 1. The third-order valence-electron chi connectivity index (χ3n) is 4.32. The lowest BCUT2D eigenvalue weighted by molar-refractivity contribution is 0.0961. The first-order valence-corrected chi connectivity index (χ1v) is 7.32. The van der Waals surface area contributed by atoms with E-state index in [-0.39, 0.29) is 5.41 Å². The van der Waals surface area contributed by atoms with Crippen LogP contribution in [-0.4, -0.2) is 30.6 Å². The molecule has 1 aromatic carbocycles. The Morgan fingerprint density at radius 2 is 1.74 bits per heavy atom. The number of benzene rings is 1. The maximum atomic E-state index is 5.98. The summed E-state index contributed by atoms with van der Waals surface area (Å²) in [6, 6.07) is 11.6. The molecule has 0 fully saturated rings. The summed E-state index contributed by atoms with van der Waals surface area (Å²) in [5, 5.41) is 0. The van der Waals surface area contributed by atoms with Crippen molar-refractivity contribution < 1.29 is 0 Å². The smallest absolute Gasteiger partial charge is 0.0221 e. The van der Waals surface area contributed by atoms with Gasteiger partial charge in [-0.2, -0.15) is 0 Å². The van der Waals surface area contributed by atoms with Crippen LogP contribution in [0.2, 0.25) is 0 Å². The average Bonchev–Trinajstić information content (AvgIpc) is 2.38. The lowest BCUT2D eigenvalue weighted by Gasteiger charge is -2.40. The number of nitrogens with zero attached hydrogens (tertiary/aromatic N) is 1. The predicted molar refractivity (Wildman–Crippen MR) is 84.3 cm³/mol. The molecule has 0 saturated carbocycles. The minimum atomic E-state index is 0.287. The molecule has 108 valence electrons. The fraction of sp³-hybridized carbons (Fsp3) is 0.647. The molecular formula is C17H30N2. The Kier molecular flexibility index (Phi) is 6.02. The SMILES string of the molecule is CC(N(C)C(CN)CCc1ccccc1)C(C)(C)C. The van der Waals surface area contributed by atoms with E-state index in [0.717, 1.165) is 19.4 Å². The van der Waals surface area contributed by atoms with Crippen LogP contribution in [-0.2, 0) is 6.42 Å². The molecule has 2 N–H and O–H groups in total. The molecule has 0 spiro atoms. The van der Waals surface area contributed by atoms with Gasteiger partial charge in [0.05, 0.1) is 0 Å². The normalized spacial score (nSPS) is 15.5. The molecule has 19 heavy (non-hydrogen) atoms. The van der Waals surface area contributed by atoms with Gasteiger partial charge in [0, 0.05) is 18.6 Å². The molecule has 0 amide bonds. The van der Waals surface area contributed by atoms with Crippen LogP contribution >= 0.6 is 0 Å². The molecule has 0 aliphatic rings. The van der Waals surface area contributed by atoms with E-state index in [1.54, 1.807) is 0 Å². The van der Waals surface area contributed by atoms with Crippen molar-refractivity contribution in [3.05, 3.63) is 35.9 Å². The van der Waals surface area contributed by atoms with Gasteiger partial charge in [-0.15, -0.1) is 0 Å². The molecule has 0 aromatic heterocycles. The highest BCUT2D eigenvalue weighted by Gasteiger charge is 2.27. The highest BCUT2D eigenvalue weighted by Crippen LogP contribution is 2.25. The van der Waals surface area contributed by atoms with Crippen molar-refractivity contribution in [2.24, 2.45) is 11.1 Å². The van der Waals surface area contributed by atoms with E-state index >= 15 is 0 Å². The van der Waals surface area contributed by atoms with Gasteiger partial charge in [-0.1, -0.05) is 51.1 Å². The lowest BCUT2D eigenvalue weighted by Crippen LogP contribution is -2.48. The van der Waals surface area contributed by atoms with Crippen LogP contribution in [0.25, 0.3) is 0 Å². The molecule has 2 heteroatoms. The highest BCUT2D eigenvalue weighted by atomic mass is 15.2. The number of likely N-dealkylation sites (N-methyl/N-ethyl adjacent to an activating group) is 1. The molecule has 1 rings (SSSR count). The van der Waals surface area contributed by atoms with Gasteiger partial charge < -0.3 is 5.73 Å². The Hall–Kier alpha value is -0.860. The van der Waals surface area contributed by atoms with Gasteiger partial charge in [-0.25, -0.2) is 0 Å². The second-order valence-electron chi connectivity index (χ2n) is 6.62. The number of nitrogens with two attached hydrogens (primary N) is 1. The van der Waals surface area contributed by atoms with Crippen molar-refractivity contribution in [3.63, 3.8) is 0 Å². The first-order chi connectivity index (χ1) is 8.86. The molecule has 0 heterocycles. The van der Waals surface area contributed by atoms with Crippen LogP contribution in [0.3, 0.4) is 0 Å². The van der Waals surface area contributed by atoms with Gasteiger partial charge in [0.25, 0.3) is 0 Å². The fourth-order valence-corrected chi connectivity index (χ4v) is 2.39. The van der Waals surface area contributed by atoms with E-state index in [4.69, 9.17) is 5.73 Å². The van der Waals surface area contributed by atoms with E-state index in [1.165, 1.54) is 5.56 Å². The van der Waals surface area contributed by atoms with Gasteiger partial charge in [0.2, 0.25) is 0 Å². The first kappa shape index (κ1) is 16.2. The van der Waals surface area contributed by atoms with Crippen LogP contribution in [0.1, 0.15) is 39.7 Å². The third kappa shape index (κ3) is 4.96. The average molecular weight is 262 g/mol. The van der Waals surface area contributed by atoms with Crippen molar-refractivity contribution in [2.75, 3.05) is 13.6 Å². The Labute approximate surface area is 119 Å². The zero-order valence-corrected chi connectivity index (χ0v) is 13.2. The molecule has 1 aromatic rings. The van der Waals surface area contributed by atoms with Gasteiger partial charge in [-0.3, -0.25) is 4.90 Å². The molecule has 0 saturated heterocycles. The van der Waals surface area contributed by atoms with E-state index in [1.807, 2.05) is 0 Å². The third-order valence-corrected chi connectivity index (χ3v) is 4.32. The minimum Gasteiger partial charge on any atom is -0.329 e. The predicted octanol–water partition coefficient (Wildman–Crippen LogP) is 3.31. The molecule has 0 aliphatic heterocycles. The summed E-state index contributed by atoms with van der Waals surface area (Å²) in [4.78, 5) is 2.45. The van der Waals surface area contributed by atoms with Crippen LogP contribution in [0.15, 0.2) is 30.3 Å². The number of hydrogen-bond acceptors (Lipinski definition) is 2. The molecular weight excluding hydrogens is 232 g/mol. The molecule has 2 nitrogen and oxygen atoms in total. The molecule has 0 aliphatic carbocycles. The monoisotopic (exact) mass is 262 g/mol. The standard InChI is InChI=1S/C17H30N2/c1-14(17(2,3)4)19(5)16(13-18)12-11-15-9-7-6-8-10-15/h6-10,14,16H,11-13,18H2,1-5H3. The van der Waals surface area contributed by atoms with E-state index < -0.39 is 0 Å². The van der Waals surface area contributed by atoms with Crippen molar-refractivity contribution in [2.45, 2.75) is 52.6 Å². The molecule has 2 atom stereocenters. The summed E-state index contributed by atoms with van der Waals surface area (Å²) >= 11 is 0. The zero-order valence-electron chi connectivity index (χ0n) is 13.2. The summed E-state index contributed by atoms with van der Waals surface area (Å²) in [7, 11) is 2.21. The topological polar surface area (TPSA) is 29.3 Å². The largest absolute Gasteiger partial charge is 0.329 e. The van der Waals surface area contributed by atoms with Crippen LogP contribution in [0.5, 0.6) is 0 Å². The maximum Gasteiger partial charge on any atom is 0.0221 e. The summed E-state index contributed by atoms with van der Waals surface area (Å²) in [6.45, 7) is 9.89. The van der Waals surface area contributed by atoms with Gasteiger partial charge >= 0.3 is 0 Å². The van der Waals surface area contributed by atoms with Crippen molar-refractivity contribution in [3.8, 4) is 0 Å². The lowest BCUT2D eigenvalue weighted by atomic mass is 9.86. The van der Waals surface area contributed by atoms with Crippen LogP contribution in [0.4, 0.5) is 0 Å². The summed E-state index contributed by atoms with van der Waals surface area (Å²) in [5.41, 5.74) is 7.66. The Balaban J connectivity index is 2.58. The van der Waals surface area contributed by atoms with Gasteiger partial charge in [0.15, 0.2) is 0 Å². The van der Waals surface area contributed by atoms with Crippen molar-refractivity contribution >= 4 is 0 Å². The van der Waals surface area contributed by atoms with Gasteiger partial charge in [-0.05, 0) is 37.8 Å².